The first-order valence-corrected chi connectivity index (χ1v) is 4.36. The third kappa shape index (κ3) is 3.12. The molecule has 1 aromatic heterocycles. The van der Waals surface area contributed by atoms with Crippen molar-refractivity contribution in [1.82, 2.24) is 15.8 Å². The molecule has 0 fully saturated rings. The lowest BCUT2D eigenvalue weighted by atomic mass is 10.1. The van der Waals surface area contributed by atoms with Gasteiger partial charge < -0.3 is 5.73 Å². The van der Waals surface area contributed by atoms with Crippen LogP contribution in [0.15, 0.2) is 24.4 Å². The second-order valence-corrected chi connectivity index (χ2v) is 2.87. The van der Waals surface area contributed by atoms with Gasteiger partial charge in [0.1, 0.15) is 0 Å². The molecular formula is C9H14N4O. The van der Waals surface area contributed by atoms with Gasteiger partial charge in [0.2, 0.25) is 0 Å². The van der Waals surface area contributed by atoms with Crippen LogP contribution in [0, 0.1) is 0 Å². The number of nitrogens with one attached hydrogen (secondary N) is 2. The van der Waals surface area contributed by atoms with Gasteiger partial charge in [-0.15, -0.1) is 0 Å². The maximum atomic E-state index is 11.2. The maximum Gasteiger partial charge on any atom is 0.251 e. The summed E-state index contributed by atoms with van der Waals surface area (Å²) in [6.45, 7) is 0. The van der Waals surface area contributed by atoms with E-state index < -0.39 is 6.04 Å². The summed E-state index contributed by atoms with van der Waals surface area (Å²) in [4.78, 5) is 15.3. The topological polar surface area (TPSA) is 80.0 Å². The van der Waals surface area contributed by atoms with Crippen LogP contribution in [-0.4, -0.2) is 24.0 Å². The van der Waals surface area contributed by atoms with Crippen molar-refractivity contribution in [3.05, 3.63) is 30.1 Å². The van der Waals surface area contributed by atoms with Gasteiger partial charge in [0.25, 0.3) is 5.91 Å². The van der Waals surface area contributed by atoms with E-state index in [4.69, 9.17) is 5.73 Å². The Kier molecular flexibility index (Phi) is 4.03. The quantitative estimate of drug-likeness (QED) is 0.548. The Balaban J connectivity index is 2.49. The van der Waals surface area contributed by atoms with Gasteiger partial charge in [-0.3, -0.25) is 15.2 Å². The highest BCUT2D eigenvalue weighted by molar-refractivity contribution is 5.81. The number of aromatic nitrogens is 1. The van der Waals surface area contributed by atoms with Gasteiger partial charge in [-0.1, -0.05) is 6.07 Å². The molecule has 5 heteroatoms. The highest BCUT2D eigenvalue weighted by atomic mass is 16.2. The Morgan fingerprint density at radius 3 is 3.00 bits per heavy atom. The zero-order valence-electron chi connectivity index (χ0n) is 8.03. The molecule has 1 heterocycles. The number of hydrogen-bond acceptors (Lipinski definition) is 4. The normalized spacial score (nSPS) is 12.1. The molecule has 76 valence electrons. The first kappa shape index (κ1) is 10.6. The summed E-state index contributed by atoms with van der Waals surface area (Å²) in [5.74, 6) is -0.238. The van der Waals surface area contributed by atoms with E-state index >= 15 is 0 Å². The highest BCUT2D eigenvalue weighted by Crippen LogP contribution is 1.97. The number of nitrogens with two attached hydrogens (primary N) is 1. The van der Waals surface area contributed by atoms with Gasteiger partial charge in [0, 0.05) is 25.4 Å². The van der Waals surface area contributed by atoms with Gasteiger partial charge >= 0.3 is 0 Å². The second-order valence-electron chi connectivity index (χ2n) is 2.87. The van der Waals surface area contributed by atoms with Gasteiger partial charge in [0.05, 0.1) is 6.04 Å². The lowest BCUT2D eigenvalue weighted by molar-refractivity contribution is -0.123. The summed E-state index contributed by atoms with van der Waals surface area (Å²) in [6, 6.07) is 4.96. The van der Waals surface area contributed by atoms with Crippen molar-refractivity contribution in [1.29, 1.82) is 0 Å². The third-order valence-corrected chi connectivity index (χ3v) is 1.74. The number of hydrogen-bond donors (Lipinski definition) is 3. The predicted octanol–water partition coefficient (Wildman–Crippen LogP) is -0.798. The van der Waals surface area contributed by atoms with E-state index in [1.165, 1.54) is 0 Å². The van der Waals surface area contributed by atoms with Gasteiger partial charge in [-0.05, 0) is 12.1 Å². The van der Waals surface area contributed by atoms with E-state index in [0.717, 1.165) is 5.69 Å². The number of carbonyl (C=O) groups is 1. The van der Waals surface area contributed by atoms with Crippen molar-refractivity contribution >= 4 is 5.91 Å². The summed E-state index contributed by atoms with van der Waals surface area (Å²) in [5.41, 5.74) is 11.4. The minimum Gasteiger partial charge on any atom is -0.320 e. The summed E-state index contributed by atoms with van der Waals surface area (Å²) in [5, 5.41) is 0. The fraction of sp³-hybridized carbons (Fsp3) is 0.333. The molecule has 0 aliphatic carbocycles. The average Bonchev–Trinajstić information content (AvgIpc) is 2.19. The minimum absolute atomic E-state index is 0.238. The van der Waals surface area contributed by atoms with Crippen LogP contribution in [0.2, 0.25) is 0 Å². The van der Waals surface area contributed by atoms with Crippen molar-refractivity contribution < 1.29 is 4.79 Å². The molecule has 1 unspecified atom stereocenters. The molecule has 0 aromatic carbocycles. The Morgan fingerprint density at radius 1 is 1.64 bits per heavy atom. The minimum atomic E-state index is -0.572. The molecule has 0 saturated carbocycles. The standard InChI is InChI=1S/C9H14N4O/c1-11-13-9(14)8(10)6-7-4-2-3-5-12-7/h2-5,8,11H,6,10H2,1H3,(H,13,14). The molecule has 0 spiro atoms. The summed E-state index contributed by atoms with van der Waals surface area (Å²) in [6.07, 6.45) is 2.12. The largest absolute Gasteiger partial charge is 0.320 e. The van der Waals surface area contributed by atoms with Crippen LogP contribution in [0.25, 0.3) is 0 Å². The average molecular weight is 194 g/mol. The number of pyridine rings is 1. The number of rotatable bonds is 4. The molecule has 1 atom stereocenters. The van der Waals surface area contributed by atoms with Crippen LogP contribution < -0.4 is 16.6 Å². The zero-order chi connectivity index (χ0) is 10.4. The van der Waals surface area contributed by atoms with Crippen LogP contribution in [0.1, 0.15) is 5.69 Å². The molecule has 1 amide bonds. The van der Waals surface area contributed by atoms with Crippen LogP contribution in [0.4, 0.5) is 0 Å². The SMILES string of the molecule is CNNC(=O)C(N)Cc1ccccn1. The van der Waals surface area contributed by atoms with E-state index in [0.29, 0.717) is 6.42 Å². The monoisotopic (exact) mass is 194 g/mol. The molecule has 0 aliphatic rings. The zero-order valence-corrected chi connectivity index (χ0v) is 8.03. The maximum absolute atomic E-state index is 11.2. The van der Waals surface area contributed by atoms with Gasteiger partial charge in [-0.2, -0.15) is 0 Å². The predicted molar refractivity (Wildman–Crippen MR) is 53.1 cm³/mol. The highest BCUT2D eigenvalue weighted by Gasteiger charge is 2.13. The number of hydrazine groups is 1. The van der Waals surface area contributed by atoms with Crippen molar-refractivity contribution in [2.75, 3.05) is 7.05 Å². The molecule has 1 aromatic rings. The third-order valence-electron chi connectivity index (χ3n) is 1.74. The fourth-order valence-corrected chi connectivity index (χ4v) is 1.05. The van der Waals surface area contributed by atoms with E-state index in [2.05, 4.69) is 15.8 Å². The fourth-order valence-electron chi connectivity index (χ4n) is 1.05. The van der Waals surface area contributed by atoms with E-state index in [9.17, 15) is 4.79 Å². The molecular weight excluding hydrogens is 180 g/mol. The first-order chi connectivity index (χ1) is 6.74. The Morgan fingerprint density at radius 2 is 2.43 bits per heavy atom. The number of amides is 1. The van der Waals surface area contributed by atoms with Gasteiger partial charge in [-0.25, -0.2) is 5.43 Å². The van der Waals surface area contributed by atoms with Gasteiger partial charge in [0.15, 0.2) is 0 Å². The van der Waals surface area contributed by atoms with Crippen LogP contribution >= 0.6 is 0 Å². The Bertz CT molecular complexity index is 288. The molecule has 1 rings (SSSR count). The molecule has 5 nitrogen and oxygen atoms in total. The van der Waals surface area contributed by atoms with Crippen molar-refractivity contribution in [3.8, 4) is 0 Å². The van der Waals surface area contributed by atoms with Crippen molar-refractivity contribution in [2.45, 2.75) is 12.5 Å². The molecule has 0 aliphatic heterocycles. The van der Waals surface area contributed by atoms with E-state index in [1.54, 1.807) is 13.2 Å². The molecule has 0 radical (unpaired) electrons. The molecule has 4 N–H and O–H groups in total. The number of carbonyl (C=O) groups excluding carboxylic acids is 1. The summed E-state index contributed by atoms with van der Waals surface area (Å²) >= 11 is 0. The lowest BCUT2D eigenvalue weighted by Crippen LogP contribution is -2.46. The second kappa shape index (κ2) is 5.31. The first-order valence-electron chi connectivity index (χ1n) is 4.36. The van der Waals surface area contributed by atoms with E-state index in [1.807, 2.05) is 18.2 Å². The molecule has 14 heavy (non-hydrogen) atoms. The van der Waals surface area contributed by atoms with Crippen LogP contribution in [0.3, 0.4) is 0 Å². The number of nitrogens with zero attached hydrogens (tertiary/aromatic N) is 1. The van der Waals surface area contributed by atoms with Crippen LogP contribution in [0.5, 0.6) is 0 Å². The van der Waals surface area contributed by atoms with Crippen molar-refractivity contribution in [3.63, 3.8) is 0 Å². The smallest absolute Gasteiger partial charge is 0.251 e. The Labute approximate surface area is 82.7 Å². The van der Waals surface area contributed by atoms with Crippen LogP contribution in [-0.2, 0) is 11.2 Å². The van der Waals surface area contributed by atoms with Crippen molar-refractivity contribution in [2.24, 2.45) is 5.73 Å². The summed E-state index contributed by atoms with van der Waals surface area (Å²) < 4.78 is 0. The Hall–Kier alpha value is -1.46. The molecule has 0 bridgehead atoms. The van der Waals surface area contributed by atoms with E-state index in [-0.39, 0.29) is 5.91 Å². The lowest BCUT2D eigenvalue weighted by Gasteiger charge is -2.10. The molecule has 0 saturated heterocycles. The summed E-state index contributed by atoms with van der Waals surface area (Å²) in [7, 11) is 1.62.